The summed E-state index contributed by atoms with van der Waals surface area (Å²) < 4.78 is 2.22. The fraction of sp³-hybridized carbons (Fsp3) is 0.357. The van der Waals surface area contributed by atoms with Crippen LogP contribution in [0.4, 0.5) is 0 Å². The Hall–Kier alpha value is -1.39. The number of hydrogen-bond donors (Lipinski definition) is 2. The SMILES string of the molecule is NC(=S)c1cccc2c1ccn2CCCCCO. The molecule has 0 saturated heterocycles. The summed E-state index contributed by atoms with van der Waals surface area (Å²) in [6.07, 6.45) is 5.07. The topological polar surface area (TPSA) is 51.2 Å². The van der Waals surface area contributed by atoms with Crippen molar-refractivity contribution in [3.05, 3.63) is 36.0 Å². The lowest BCUT2D eigenvalue weighted by molar-refractivity contribution is 0.282. The molecule has 0 aliphatic rings. The molecule has 0 atom stereocenters. The van der Waals surface area contributed by atoms with Crippen molar-refractivity contribution in [3.8, 4) is 0 Å². The van der Waals surface area contributed by atoms with E-state index in [1.807, 2.05) is 12.1 Å². The van der Waals surface area contributed by atoms with Crippen LogP contribution in [-0.4, -0.2) is 21.3 Å². The van der Waals surface area contributed by atoms with Crippen LogP contribution in [0.15, 0.2) is 30.5 Å². The van der Waals surface area contributed by atoms with Gasteiger partial charge in [-0.25, -0.2) is 0 Å². The fourth-order valence-corrected chi connectivity index (χ4v) is 2.38. The Morgan fingerprint density at radius 1 is 1.22 bits per heavy atom. The molecule has 0 aliphatic heterocycles. The maximum atomic E-state index is 8.76. The van der Waals surface area contributed by atoms with Crippen molar-refractivity contribution in [2.45, 2.75) is 25.8 Å². The van der Waals surface area contributed by atoms with Crippen LogP contribution < -0.4 is 5.73 Å². The Labute approximate surface area is 112 Å². The monoisotopic (exact) mass is 262 g/mol. The van der Waals surface area contributed by atoms with E-state index in [-0.39, 0.29) is 6.61 Å². The first-order chi connectivity index (χ1) is 8.74. The number of aromatic nitrogens is 1. The highest BCUT2D eigenvalue weighted by atomic mass is 32.1. The number of unbranched alkanes of at least 4 members (excludes halogenated alkanes) is 2. The second-order valence-electron chi connectivity index (χ2n) is 4.40. The Balaban J connectivity index is 2.20. The maximum absolute atomic E-state index is 8.76. The Morgan fingerprint density at radius 2 is 2.06 bits per heavy atom. The van der Waals surface area contributed by atoms with Crippen molar-refractivity contribution < 1.29 is 5.11 Å². The van der Waals surface area contributed by atoms with Gasteiger partial charge in [-0.05, 0) is 31.4 Å². The van der Waals surface area contributed by atoms with E-state index in [1.54, 1.807) is 0 Å². The molecule has 3 N–H and O–H groups in total. The van der Waals surface area contributed by atoms with Gasteiger partial charge in [0.05, 0.1) is 0 Å². The van der Waals surface area contributed by atoms with Gasteiger partial charge >= 0.3 is 0 Å². The van der Waals surface area contributed by atoms with Crippen molar-refractivity contribution >= 4 is 28.1 Å². The number of aryl methyl sites for hydroxylation is 1. The lowest BCUT2D eigenvalue weighted by atomic mass is 10.1. The molecule has 0 fully saturated rings. The largest absolute Gasteiger partial charge is 0.396 e. The Kier molecular flexibility index (Phi) is 4.33. The number of aliphatic hydroxyl groups excluding tert-OH is 1. The Morgan fingerprint density at radius 3 is 2.78 bits per heavy atom. The second-order valence-corrected chi connectivity index (χ2v) is 4.84. The van der Waals surface area contributed by atoms with Crippen LogP contribution >= 0.6 is 12.2 Å². The van der Waals surface area contributed by atoms with E-state index in [1.165, 1.54) is 5.52 Å². The van der Waals surface area contributed by atoms with Crippen LogP contribution in [0.2, 0.25) is 0 Å². The number of benzene rings is 1. The number of fused-ring (bicyclic) bond motifs is 1. The van der Waals surface area contributed by atoms with Gasteiger partial charge in [0, 0.05) is 35.8 Å². The summed E-state index contributed by atoms with van der Waals surface area (Å²) in [5, 5.41) is 9.88. The van der Waals surface area contributed by atoms with Crippen LogP contribution in [0.5, 0.6) is 0 Å². The molecule has 4 heteroatoms. The van der Waals surface area contributed by atoms with Crippen LogP contribution in [0.3, 0.4) is 0 Å². The summed E-state index contributed by atoms with van der Waals surface area (Å²) in [4.78, 5) is 0.443. The van der Waals surface area contributed by atoms with Gasteiger partial charge in [0.25, 0.3) is 0 Å². The molecule has 0 amide bonds. The molecule has 0 bridgehead atoms. The predicted molar refractivity (Wildman–Crippen MR) is 78.8 cm³/mol. The van der Waals surface area contributed by atoms with Gasteiger partial charge in [-0.15, -0.1) is 0 Å². The minimum absolute atomic E-state index is 0.276. The predicted octanol–water partition coefficient (Wildman–Crippen LogP) is 2.44. The molecule has 0 saturated carbocycles. The molecule has 18 heavy (non-hydrogen) atoms. The molecule has 96 valence electrons. The average Bonchev–Trinajstić information content (AvgIpc) is 2.77. The third-order valence-corrected chi connectivity index (χ3v) is 3.36. The zero-order valence-corrected chi connectivity index (χ0v) is 11.1. The summed E-state index contributed by atoms with van der Waals surface area (Å²) in [6, 6.07) is 8.10. The normalized spacial score (nSPS) is 10.9. The number of hydrogen-bond acceptors (Lipinski definition) is 2. The average molecular weight is 262 g/mol. The van der Waals surface area contributed by atoms with Crippen LogP contribution in [-0.2, 0) is 6.54 Å². The van der Waals surface area contributed by atoms with Gasteiger partial charge in [-0.2, -0.15) is 0 Å². The molecule has 1 aromatic carbocycles. The third-order valence-electron chi connectivity index (χ3n) is 3.14. The van der Waals surface area contributed by atoms with E-state index in [4.69, 9.17) is 23.1 Å². The van der Waals surface area contributed by atoms with E-state index >= 15 is 0 Å². The van der Waals surface area contributed by atoms with E-state index in [9.17, 15) is 0 Å². The maximum Gasteiger partial charge on any atom is 0.104 e. The van der Waals surface area contributed by atoms with Crippen LogP contribution in [0.25, 0.3) is 10.9 Å². The molecule has 0 unspecified atom stereocenters. The first kappa shape index (κ1) is 13.1. The molecule has 0 spiro atoms. The highest BCUT2D eigenvalue weighted by molar-refractivity contribution is 7.80. The van der Waals surface area contributed by atoms with Gasteiger partial charge in [-0.3, -0.25) is 0 Å². The third kappa shape index (κ3) is 2.71. The number of nitrogens with two attached hydrogens (primary N) is 1. The summed E-state index contributed by atoms with van der Waals surface area (Å²) in [7, 11) is 0. The lowest BCUT2D eigenvalue weighted by Crippen LogP contribution is -2.09. The van der Waals surface area contributed by atoms with Crippen molar-refractivity contribution in [3.63, 3.8) is 0 Å². The molecule has 0 radical (unpaired) electrons. The summed E-state index contributed by atoms with van der Waals surface area (Å²) in [6.45, 7) is 1.24. The van der Waals surface area contributed by atoms with E-state index in [0.717, 1.165) is 36.8 Å². The molecule has 2 rings (SSSR count). The van der Waals surface area contributed by atoms with Gasteiger partial charge < -0.3 is 15.4 Å². The zero-order chi connectivity index (χ0) is 13.0. The van der Waals surface area contributed by atoms with E-state index in [2.05, 4.69) is 22.9 Å². The number of aliphatic hydroxyl groups is 1. The molecular formula is C14H18N2OS. The Bertz CT molecular complexity index is 548. The van der Waals surface area contributed by atoms with E-state index in [0.29, 0.717) is 4.99 Å². The highest BCUT2D eigenvalue weighted by Crippen LogP contribution is 2.20. The van der Waals surface area contributed by atoms with Crippen LogP contribution in [0, 0.1) is 0 Å². The van der Waals surface area contributed by atoms with Gasteiger partial charge in [0.1, 0.15) is 4.99 Å². The molecule has 3 nitrogen and oxygen atoms in total. The zero-order valence-electron chi connectivity index (χ0n) is 10.3. The van der Waals surface area contributed by atoms with Crippen LogP contribution in [0.1, 0.15) is 24.8 Å². The first-order valence-corrected chi connectivity index (χ1v) is 6.63. The van der Waals surface area contributed by atoms with Gasteiger partial charge in [0.15, 0.2) is 0 Å². The molecule has 1 heterocycles. The second kappa shape index (κ2) is 5.98. The van der Waals surface area contributed by atoms with Crippen molar-refractivity contribution in [1.82, 2.24) is 4.57 Å². The van der Waals surface area contributed by atoms with Gasteiger partial charge in [0.2, 0.25) is 0 Å². The summed E-state index contributed by atoms with van der Waals surface area (Å²) in [5.74, 6) is 0. The standard InChI is InChI=1S/C14H18N2OS/c15-14(18)12-5-4-6-13-11(12)7-9-16(13)8-2-1-3-10-17/h4-7,9,17H,1-3,8,10H2,(H2,15,18). The number of nitrogens with zero attached hydrogens (tertiary/aromatic N) is 1. The smallest absolute Gasteiger partial charge is 0.104 e. The summed E-state index contributed by atoms with van der Waals surface area (Å²) in [5.41, 5.74) is 7.84. The minimum Gasteiger partial charge on any atom is -0.396 e. The van der Waals surface area contributed by atoms with Gasteiger partial charge in [-0.1, -0.05) is 24.4 Å². The quantitative estimate of drug-likeness (QED) is 0.621. The highest BCUT2D eigenvalue weighted by Gasteiger charge is 2.06. The molecule has 1 aromatic heterocycles. The molecular weight excluding hydrogens is 244 g/mol. The molecule has 0 aliphatic carbocycles. The van der Waals surface area contributed by atoms with Crippen molar-refractivity contribution in [2.24, 2.45) is 5.73 Å². The fourth-order valence-electron chi connectivity index (χ4n) is 2.20. The number of rotatable bonds is 6. The number of thiocarbonyl (C=S) groups is 1. The van der Waals surface area contributed by atoms with Crippen molar-refractivity contribution in [1.29, 1.82) is 0 Å². The summed E-state index contributed by atoms with van der Waals surface area (Å²) >= 11 is 5.06. The first-order valence-electron chi connectivity index (χ1n) is 6.22. The van der Waals surface area contributed by atoms with E-state index < -0.39 is 0 Å². The minimum atomic E-state index is 0.276. The molecule has 2 aromatic rings. The van der Waals surface area contributed by atoms with Crippen molar-refractivity contribution in [2.75, 3.05) is 6.61 Å². The lowest BCUT2D eigenvalue weighted by Gasteiger charge is -2.06.